The number of esters is 2. The molecule has 10 heteroatoms. The van der Waals surface area contributed by atoms with Crippen LogP contribution >= 0.6 is 12.4 Å². The Morgan fingerprint density at radius 3 is 2.16 bits per heavy atom. The molecule has 9 nitrogen and oxygen atoms in total. The zero-order chi connectivity index (χ0) is 25.9. The summed E-state index contributed by atoms with van der Waals surface area (Å²) < 4.78 is 10.4. The van der Waals surface area contributed by atoms with E-state index in [1.165, 1.54) is 11.0 Å². The van der Waals surface area contributed by atoms with Crippen molar-refractivity contribution < 1.29 is 23.9 Å². The molecule has 0 unspecified atom stereocenters. The highest BCUT2D eigenvalue weighted by molar-refractivity contribution is 6.06. The zero-order valence-electron chi connectivity index (χ0n) is 20.1. The number of carbonyl (C=O) groups is 3. The highest BCUT2D eigenvalue weighted by Gasteiger charge is 2.18. The molecule has 0 saturated heterocycles. The van der Waals surface area contributed by atoms with E-state index in [9.17, 15) is 14.4 Å². The average molecular weight is 523 g/mol. The van der Waals surface area contributed by atoms with Crippen LogP contribution in [0.1, 0.15) is 22.8 Å². The number of hydrogen-bond acceptors (Lipinski definition) is 6. The van der Waals surface area contributed by atoms with E-state index >= 15 is 0 Å². The monoisotopic (exact) mass is 522 g/mol. The van der Waals surface area contributed by atoms with E-state index in [0.29, 0.717) is 28.3 Å². The number of aliphatic imine (C=N–C) groups is 1. The first-order chi connectivity index (χ1) is 17.4. The van der Waals surface area contributed by atoms with Crippen LogP contribution in [0.25, 0.3) is 6.08 Å². The highest BCUT2D eigenvalue weighted by Crippen LogP contribution is 2.19. The van der Waals surface area contributed by atoms with Gasteiger partial charge >= 0.3 is 11.9 Å². The summed E-state index contributed by atoms with van der Waals surface area (Å²) in [7, 11) is 0. The number of benzene rings is 3. The van der Waals surface area contributed by atoms with Crippen molar-refractivity contribution in [1.29, 1.82) is 0 Å². The molecule has 0 spiro atoms. The topological polar surface area (TPSA) is 137 Å². The van der Waals surface area contributed by atoms with Crippen molar-refractivity contribution in [2.45, 2.75) is 6.92 Å². The first-order valence-corrected chi connectivity index (χ1v) is 11.1. The molecule has 0 aliphatic heterocycles. The van der Waals surface area contributed by atoms with Crippen LogP contribution < -0.4 is 21.1 Å². The van der Waals surface area contributed by atoms with Gasteiger partial charge in [0.25, 0.3) is 5.91 Å². The highest BCUT2D eigenvalue weighted by atomic mass is 35.5. The molecular formula is C27H27ClN4O5. The summed E-state index contributed by atoms with van der Waals surface area (Å²) in [6.45, 7) is 1.72. The van der Waals surface area contributed by atoms with Crippen molar-refractivity contribution in [3.63, 3.8) is 0 Å². The number of nitrogens with two attached hydrogens (primary N) is 2. The Labute approximate surface area is 220 Å². The maximum absolute atomic E-state index is 12.9. The fourth-order valence-electron chi connectivity index (χ4n) is 3.13. The molecule has 192 valence electrons. The molecule has 0 fully saturated rings. The lowest BCUT2D eigenvalue weighted by Gasteiger charge is -2.20. The molecule has 0 heterocycles. The van der Waals surface area contributed by atoms with Gasteiger partial charge in [0.15, 0.2) is 5.96 Å². The van der Waals surface area contributed by atoms with Crippen molar-refractivity contribution in [3.8, 4) is 5.75 Å². The van der Waals surface area contributed by atoms with E-state index in [2.05, 4.69) is 4.99 Å². The lowest BCUT2D eigenvalue weighted by Crippen LogP contribution is -2.35. The second-order valence-corrected chi connectivity index (χ2v) is 7.44. The number of para-hydroxylation sites is 1. The molecule has 0 aliphatic carbocycles. The molecule has 3 rings (SSSR count). The number of carbonyl (C=O) groups excluding carboxylic acids is 3. The third-order valence-electron chi connectivity index (χ3n) is 4.80. The van der Waals surface area contributed by atoms with Crippen LogP contribution in [-0.4, -0.2) is 37.0 Å². The van der Waals surface area contributed by atoms with E-state index in [4.69, 9.17) is 20.9 Å². The van der Waals surface area contributed by atoms with Crippen molar-refractivity contribution in [3.05, 3.63) is 96.1 Å². The minimum Gasteiger partial charge on any atom is -0.465 e. The summed E-state index contributed by atoms with van der Waals surface area (Å²) in [4.78, 5) is 42.5. The lowest BCUT2D eigenvalue weighted by molar-refractivity contribution is -0.142. The number of ether oxygens (including phenoxy) is 2. The van der Waals surface area contributed by atoms with E-state index in [0.717, 1.165) is 0 Å². The van der Waals surface area contributed by atoms with Crippen molar-refractivity contribution in [1.82, 2.24) is 0 Å². The third-order valence-corrected chi connectivity index (χ3v) is 4.80. The standard InChI is InChI=1S/C27H26N4O5.ClH/c1-2-35-25(33)18-31(22-6-4-3-5-7-22)24(32)17-10-19-8-11-20(12-9-19)26(34)36-23-15-13-21(14-16-23)30-27(28)29;/h3-17H,2,18H2,1H3,(H4,28,29,30);1H. The number of rotatable bonds is 9. The van der Waals surface area contributed by atoms with Gasteiger partial charge in [-0.05, 0) is 67.1 Å². The molecule has 0 saturated carbocycles. The largest absolute Gasteiger partial charge is 0.465 e. The van der Waals surface area contributed by atoms with Crippen molar-refractivity contribution >= 4 is 53.7 Å². The summed E-state index contributed by atoms with van der Waals surface area (Å²) >= 11 is 0. The van der Waals surface area contributed by atoms with Crippen molar-refractivity contribution in [2.75, 3.05) is 18.1 Å². The van der Waals surface area contributed by atoms with E-state index in [1.54, 1.807) is 85.8 Å². The van der Waals surface area contributed by atoms with Gasteiger partial charge in [-0.1, -0.05) is 30.3 Å². The first-order valence-electron chi connectivity index (χ1n) is 11.1. The van der Waals surface area contributed by atoms with E-state index < -0.39 is 11.9 Å². The Morgan fingerprint density at radius 2 is 1.57 bits per heavy atom. The zero-order valence-corrected chi connectivity index (χ0v) is 20.9. The molecule has 0 aliphatic rings. The van der Waals surface area contributed by atoms with Gasteiger partial charge in [-0.2, -0.15) is 0 Å². The Morgan fingerprint density at radius 1 is 0.919 bits per heavy atom. The average Bonchev–Trinajstić information content (AvgIpc) is 2.87. The number of nitrogens with zero attached hydrogens (tertiary/aromatic N) is 2. The predicted molar refractivity (Wildman–Crippen MR) is 145 cm³/mol. The normalized spacial score (nSPS) is 10.2. The molecule has 3 aromatic rings. The Kier molecular flexibility index (Phi) is 10.9. The fraction of sp³-hybridized carbons (Fsp3) is 0.111. The molecule has 1 amide bonds. The number of halogens is 1. The number of guanidine groups is 1. The third kappa shape index (κ3) is 8.83. The van der Waals surface area contributed by atoms with Gasteiger partial charge in [-0.15, -0.1) is 12.4 Å². The van der Waals surface area contributed by atoms with Crippen molar-refractivity contribution in [2.24, 2.45) is 16.5 Å². The minimum atomic E-state index is -0.541. The first kappa shape index (κ1) is 28.6. The van der Waals surface area contributed by atoms with Crippen LogP contribution in [0.2, 0.25) is 0 Å². The van der Waals surface area contributed by atoms with E-state index in [1.807, 2.05) is 6.07 Å². The Balaban J connectivity index is 0.00000481. The summed E-state index contributed by atoms with van der Waals surface area (Å²) in [5.41, 5.74) is 12.8. The maximum Gasteiger partial charge on any atom is 0.343 e. The Hall–Kier alpha value is -4.63. The number of anilines is 1. The van der Waals surface area contributed by atoms with Crippen LogP contribution in [0.4, 0.5) is 11.4 Å². The smallest absolute Gasteiger partial charge is 0.343 e. The van der Waals surface area contributed by atoms with Gasteiger partial charge in [0.1, 0.15) is 12.3 Å². The second-order valence-electron chi connectivity index (χ2n) is 7.44. The van der Waals surface area contributed by atoms with Crippen LogP contribution in [-0.2, 0) is 14.3 Å². The van der Waals surface area contributed by atoms with Crippen LogP contribution in [0.15, 0.2) is 89.9 Å². The summed E-state index contributed by atoms with van der Waals surface area (Å²) in [6, 6.07) is 21.8. The van der Waals surface area contributed by atoms with Gasteiger partial charge in [0.2, 0.25) is 0 Å². The SMILES string of the molecule is CCOC(=O)CN(C(=O)C=Cc1ccc(C(=O)Oc2ccc(N=C(N)N)cc2)cc1)c1ccccc1.Cl. The van der Waals surface area contributed by atoms with Crippen LogP contribution in [0, 0.1) is 0 Å². The molecule has 4 N–H and O–H groups in total. The quantitative estimate of drug-likeness (QED) is 0.143. The van der Waals surface area contributed by atoms with Gasteiger partial charge in [-0.3, -0.25) is 14.5 Å². The molecule has 0 radical (unpaired) electrons. The molecule has 0 atom stereocenters. The second kappa shape index (κ2) is 14.1. The Bertz CT molecular complexity index is 1260. The van der Waals surface area contributed by atoms with Crippen LogP contribution in [0.3, 0.4) is 0 Å². The molecule has 37 heavy (non-hydrogen) atoms. The number of amides is 1. The molecule has 3 aromatic carbocycles. The minimum absolute atomic E-state index is 0. The summed E-state index contributed by atoms with van der Waals surface area (Å²) in [5.74, 6) is -1.16. The summed E-state index contributed by atoms with van der Waals surface area (Å²) in [5, 5.41) is 0. The molecule has 0 aromatic heterocycles. The lowest BCUT2D eigenvalue weighted by atomic mass is 10.1. The van der Waals surface area contributed by atoms with Gasteiger partial charge in [0, 0.05) is 11.8 Å². The molecule has 0 bridgehead atoms. The van der Waals surface area contributed by atoms with Gasteiger partial charge in [-0.25, -0.2) is 9.79 Å². The summed E-state index contributed by atoms with van der Waals surface area (Å²) in [6.07, 6.45) is 2.96. The number of hydrogen-bond donors (Lipinski definition) is 2. The predicted octanol–water partition coefficient (Wildman–Crippen LogP) is 3.84. The fourth-order valence-corrected chi connectivity index (χ4v) is 3.13. The molecular weight excluding hydrogens is 496 g/mol. The van der Waals surface area contributed by atoms with Gasteiger partial charge < -0.3 is 20.9 Å². The van der Waals surface area contributed by atoms with Crippen LogP contribution in [0.5, 0.6) is 5.75 Å². The van der Waals surface area contributed by atoms with Gasteiger partial charge in [0.05, 0.1) is 17.9 Å². The van der Waals surface area contributed by atoms with E-state index in [-0.39, 0.29) is 37.4 Å². The maximum atomic E-state index is 12.9.